The van der Waals surface area contributed by atoms with Crippen molar-refractivity contribution in [3.05, 3.63) is 90.1 Å². The summed E-state index contributed by atoms with van der Waals surface area (Å²) in [5.41, 5.74) is 5.26. The largest absolute Gasteiger partial charge is 0.497 e. The second-order valence-corrected chi connectivity index (χ2v) is 10.4. The molecule has 1 aliphatic heterocycles. The number of terminal acetylenes is 1. The van der Waals surface area contributed by atoms with Crippen molar-refractivity contribution in [2.45, 2.75) is 25.7 Å². The summed E-state index contributed by atoms with van der Waals surface area (Å²) in [5.74, 6) is 4.43. The van der Waals surface area contributed by atoms with Crippen LogP contribution in [0.1, 0.15) is 41.7 Å². The zero-order chi connectivity index (χ0) is 29.6. The monoisotopic (exact) mass is 579 g/mol. The predicted octanol–water partition coefficient (Wildman–Crippen LogP) is 8.48. The molecule has 0 bridgehead atoms. The topological polar surface area (TPSA) is 66.6 Å². The zero-order valence-electron chi connectivity index (χ0n) is 24.0. The maximum Gasteiger partial charge on any atom is 0.274 e. The zero-order valence-corrected chi connectivity index (χ0v) is 24.8. The van der Waals surface area contributed by atoms with Gasteiger partial charge in [-0.3, -0.25) is 4.79 Å². The fourth-order valence-electron chi connectivity index (χ4n) is 5.34. The van der Waals surface area contributed by atoms with Gasteiger partial charge in [-0.25, -0.2) is 0 Å². The number of ether oxygens (including phenoxy) is 2. The molecular weight excluding hydrogens is 546 g/mol. The van der Waals surface area contributed by atoms with Gasteiger partial charge in [0.1, 0.15) is 17.2 Å². The molecule has 6 rings (SSSR count). The summed E-state index contributed by atoms with van der Waals surface area (Å²) in [6.07, 6.45) is 6.91. The minimum atomic E-state index is -0.0882. The van der Waals surface area contributed by atoms with Crippen molar-refractivity contribution < 1.29 is 14.3 Å². The molecule has 0 spiro atoms. The maximum absolute atomic E-state index is 13.9. The Kier molecular flexibility index (Phi) is 8.90. The molecule has 0 aliphatic carbocycles. The number of rotatable bonds is 7. The van der Waals surface area contributed by atoms with Crippen molar-refractivity contribution in [2.75, 3.05) is 36.9 Å². The van der Waals surface area contributed by atoms with Crippen LogP contribution in [0.15, 0.2) is 78.9 Å². The molecular formula is C35H34ClN3O3. The number of H-pyrrole nitrogens is 1. The lowest BCUT2D eigenvalue weighted by Crippen LogP contribution is -2.30. The van der Waals surface area contributed by atoms with E-state index in [1.165, 1.54) is 0 Å². The molecule has 1 amide bonds. The summed E-state index contributed by atoms with van der Waals surface area (Å²) in [6, 6.07) is 25.7. The van der Waals surface area contributed by atoms with Crippen LogP contribution >= 0.6 is 11.6 Å². The molecule has 1 atom stereocenters. The molecule has 42 heavy (non-hydrogen) atoms. The van der Waals surface area contributed by atoms with Gasteiger partial charge in [0.2, 0.25) is 0 Å². The molecule has 6 nitrogen and oxygen atoms in total. The number of nitrogens with one attached hydrogen (secondary N) is 2. The molecule has 0 saturated heterocycles. The van der Waals surface area contributed by atoms with Gasteiger partial charge in [0, 0.05) is 52.4 Å². The lowest BCUT2D eigenvalue weighted by Gasteiger charge is -2.19. The number of carbonyl (C=O) groups is 1. The van der Waals surface area contributed by atoms with Crippen LogP contribution in [-0.2, 0) is 0 Å². The molecule has 5 aromatic rings. The quantitative estimate of drug-likeness (QED) is 0.150. The first-order valence-electron chi connectivity index (χ1n) is 14.0. The average Bonchev–Trinajstić information content (AvgIpc) is 3.63. The van der Waals surface area contributed by atoms with Crippen molar-refractivity contribution >= 4 is 56.2 Å². The fraction of sp³-hybridized carbons (Fsp3) is 0.229. The van der Waals surface area contributed by atoms with Gasteiger partial charge in [0.15, 0.2) is 0 Å². The first-order valence-corrected chi connectivity index (χ1v) is 14.5. The Balaban J connectivity index is 0.000000652. The van der Waals surface area contributed by atoms with Crippen LogP contribution in [0, 0.1) is 12.3 Å². The molecule has 0 saturated carbocycles. The van der Waals surface area contributed by atoms with Crippen LogP contribution in [0.5, 0.6) is 11.5 Å². The number of aromatic amines is 1. The number of alkyl halides is 1. The molecule has 1 unspecified atom stereocenters. The number of carbonyl (C=O) groups excluding carboxylic acids is 1. The Morgan fingerprint density at radius 3 is 2.38 bits per heavy atom. The van der Waals surface area contributed by atoms with Crippen molar-refractivity contribution in [3.63, 3.8) is 0 Å². The van der Waals surface area contributed by atoms with Gasteiger partial charge >= 0.3 is 0 Å². The first-order chi connectivity index (χ1) is 20.5. The Morgan fingerprint density at radius 2 is 1.74 bits per heavy atom. The van der Waals surface area contributed by atoms with Crippen LogP contribution in [0.4, 0.5) is 17.1 Å². The van der Waals surface area contributed by atoms with Crippen molar-refractivity contribution in [2.24, 2.45) is 0 Å². The second-order valence-electron chi connectivity index (χ2n) is 10.1. The van der Waals surface area contributed by atoms with Crippen molar-refractivity contribution in [3.8, 4) is 23.8 Å². The fourth-order valence-corrected chi connectivity index (χ4v) is 5.59. The van der Waals surface area contributed by atoms with Crippen LogP contribution in [0.2, 0.25) is 0 Å². The van der Waals surface area contributed by atoms with Crippen LogP contribution in [-0.4, -0.2) is 37.5 Å². The highest BCUT2D eigenvalue weighted by Crippen LogP contribution is 2.46. The minimum Gasteiger partial charge on any atom is -0.497 e. The number of halogens is 1. The highest BCUT2D eigenvalue weighted by atomic mass is 35.5. The minimum absolute atomic E-state index is 0.0324. The van der Waals surface area contributed by atoms with Crippen molar-refractivity contribution in [1.29, 1.82) is 0 Å². The number of fused-ring (bicyclic) bond motifs is 4. The molecule has 1 aromatic heterocycles. The number of aromatic nitrogens is 1. The molecule has 7 heteroatoms. The summed E-state index contributed by atoms with van der Waals surface area (Å²) in [4.78, 5) is 19.0. The average molecular weight is 580 g/mol. The van der Waals surface area contributed by atoms with Gasteiger partial charge in [0.05, 0.1) is 19.9 Å². The van der Waals surface area contributed by atoms with Gasteiger partial charge in [-0.05, 0) is 72.0 Å². The van der Waals surface area contributed by atoms with Gasteiger partial charge < -0.3 is 24.7 Å². The molecule has 4 aromatic carbocycles. The molecule has 0 fully saturated rings. The number of amides is 1. The van der Waals surface area contributed by atoms with Gasteiger partial charge in [0.25, 0.3) is 5.91 Å². The summed E-state index contributed by atoms with van der Waals surface area (Å²) < 4.78 is 10.6. The van der Waals surface area contributed by atoms with E-state index in [4.69, 9.17) is 27.5 Å². The Hall–Kier alpha value is -4.60. The van der Waals surface area contributed by atoms with E-state index >= 15 is 0 Å². The van der Waals surface area contributed by atoms with E-state index in [9.17, 15) is 4.79 Å². The van der Waals surface area contributed by atoms with Crippen molar-refractivity contribution in [1.82, 2.24) is 4.98 Å². The SMILES string of the molecule is C#CCCC.COc1ccc(Nc2cc3c(c4ccccc24)C(CCl)CN3C(=O)c2cc3cc(OC)ccc3[nH]2)cc1. The normalized spacial score (nSPS) is 13.7. The molecule has 2 N–H and O–H groups in total. The maximum atomic E-state index is 13.9. The summed E-state index contributed by atoms with van der Waals surface area (Å²) in [7, 11) is 3.29. The number of nitrogens with zero attached hydrogens (tertiary/aromatic N) is 1. The van der Waals surface area contributed by atoms with Gasteiger partial charge in [-0.1, -0.05) is 31.2 Å². The van der Waals surface area contributed by atoms with E-state index in [1.807, 2.05) is 65.6 Å². The number of hydrogen-bond acceptors (Lipinski definition) is 4. The third-order valence-electron chi connectivity index (χ3n) is 7.42. The van der Waals surface area contributed by atoms with Crippen LogP contribution in [0.25, 0.3) is 21.7 Å². The van der Waals surface area contributed by atoms with E-state index in [1.54, 1.807) is 14.2 Å². The lowest BCUT2D eigenvalue weighted by molar-refractivity contribution is 0.0984. The Bertz CT molecular complexity index is 1750. The van der Waals surface area contributed by atoms with E-state index < -0.39 is 0 Å². The number of benzene rings is 4. The number of hydrogen-bond donors (Lipinski definition) is 2. The molecule has 214 valence electrons. The van der Waals surface area contributed by atoms with Crippen LogP contribution < -0.4 is 19.7 Å². The number of methoxy groups -OCH3 is 2. The molecule has 0 radical (unpaired) electrons. The summed E-state index contributed by atoms with van der Waals surface area (Å²) in [5, 5.41) is 6.65. The van der Waals surface area contributed by atoms with E-state index in [0.717, 1.165) is 68.6 Å². The van der Waals surface area contributed by atoms with E-state index in [0.29, 0.717) is 18.1 Å². The summed E-state index contributed by atoms with van der Waals surface area (Å²) >= 11 is 6.46. The van der Waals surface area contributed by atoms with Gasteiger partial charge in [-0.2, -0.15) is 0 Å². The highest BCUT2D eigenvalue weighted by molar-refractivity contribution is 6.19. The third kappa shape index (κ3) is 5.74. The van der Waals surface area contributed by atoms with Crippen LogP contribution in [0.3, 0.4) is 0 Å². The smallest absolute Gasteiger partial charge is 0.274 e. The molecule has 1 aliphatic rings. The number of unbranched alkanes of at least 4 members (excludes halogenated alkanes) is 1. The lowest BCUT2D eigenvalue weighted by atomic mass is 9.95. The highest BCUT2D eigenvalue weighted by Gasteiger charge is 2.35. The number of anilines is 3. The first kappa shape index (κ1) is 28.9. The molecule has 2 heterocycles. The summed E-state index contributed by atoms with van der Waals surface area (Å²) in [6.45, 7) is 2.59. The Labute approximate surface area is 251 Å². The predicted molar refractivity (Wildman–Crippen MR) is 174 cm³/mol. The van der Waals surface area contributed by atoms with E-state index in [-0.39, 0.29) is 11.8 Å². The Morgan fingerprint density at radius 1 is 1.02 bits per heavy atom. The van der Waals surface area contributed by atoms with Gasteiger partial charge in [-0.15, -0.1) is 23.9 Å². The third-order valence-corrected chi connectivity index (χ3v) is 7.79. The standard InChI is InChI=1S/C30H26ClN3O3.C5H8/c1-36-21-9-7-20(8-10-21)32-26-15-28-29(24-6-4-3-5-23(24)26)19(16-31)17-34(28)30(35)27-14-18-13-22(37-2)11-12-25(18)33-27;1-3-5-4-2/h3-15,19,32-33H,16-17H2,1-2H3;1H,4-5H2,2H3. The van der Waals surface area contributed by atoms with E-state index in [2.05, 4.69) is 41.3 Å². The second kappa shape index (κ2) is 12.9.